The Labute approximate surface area is 128 Å². The lowest BCUT2D eigenvalue weighted by Crippen LogP contribution is -2.55. The zero-order valence-corrected chi connectivity index (χ0v) is 12.1. The van der Waals surface area contributed by atoms with Crippen molar-refractivity contribution < 1.29 is 35.9 Å². The molecule has 0 aromatic carbocycles. The zero-order chi connectivity index (χ0) is 15.9. The third kappa shape index (κ3) is 3.28. The number of nitrogens with zero attached hydrogens (tertiary/aromatic N) is 1. The predicted molar refractivity (Wildman–Crippen MR) is 65.6 cm³/mol. The number of hydrogen-bond donors (Lipinski definition) is 1. The smallest absolute Gasteiger partial charge is 0.378 e. The summed E-state index contributed by atoms with van der Waals surface area (Å²) in [6.07, 6.45) is -12.1. The molecule has 0 radical (unpaired) electrons. The van der Waals surface area contributed by atoms with Crippen LogP contribution >= 0.6 is 12.4 Å². The Bertz CT molecular complexity index is 394. The molecular formula is C11H15ClF6N2O2. The van der Waals surface area contributed by atoms with Crippen molar-refractivity contribution >= 4 is 18.3 Å². The lowest BCUT2D eigenvalue weighted by molar-refractivity contribution is -0.334. The topological polar surface area (TPSA) is 41.6 Å². The first-order valence-electron chi connectivity index (χ1n) is 6.32. The highest BCUT2D eigenvalue weighted by Gasteiger charge is 2.73. The van der Waals surface area contributed by atoms with E-state index in [1.165, 1.54) is 0 Å². The van der Waals surface area contributed by atoms with Gasteiger partial charge in [0.15, 0.2) is 5.41 Å². The molecule has 1 amide bonds. The molecule has 4 nitrogen and oxygen atoms in total. The number of alkyl halides is 6. The largest absolute Gasteiger partial charge is 0.404 e. The summed E-state index contributed by atoms with van der Waals surface area (Å²) in [5.41, 5.74) is -3.84. The molecule has 22 heavy (non-hydrogen) atoms. The number of ether oxygens (including phenoxy) is 1. The van der Waals surface area contributed by atoms with Gasteiger partial charge in [-0.2, -0.15) is 26.3 Å². The van der Waals surface area contributed by atoms with E-state index in [4.69, 9.17) is 4.74 Å². The minimum atomic E-state index is -5.45. The lowest BCUT2D eigenvalue weighted by Gasteiger charge is -2.34. The summed E-state index contributed by atoms with van der Waals surface area (Å²) in [6, 6.07) is -0.893. The quantitative estimate of drug-likeness (QED) is 0.728. The maximum atomic E-state index is 12.9. The van der Waals surface area contributed by atoms with Gasteiger partial charge in [-0.1, -0.05) is 0 Å². The summed E-state index contributed by atoms with van der Waals surface area (Å²) in [4.78, 5) is 12.6. The minimum Gasteiger partial charge on any atom is -0.378 e. The molecule has 0 aromatic heterocycles. The molecule has 1 unspecified atom stereocenters. The van der Waals surface area contributed by atoms with Crippen molar-refractivity contribution in [1.29, 1.82) is 0 Å². The van der Waals surface area contributed by atoms with E-state index in [2.05, 4.69) is 5.32 Å². The first kappa shape index (κ1) is 19.3. The van der Waals surface area contributed by atoms with Crippen molar-refractivity contribution in [3.63, 3.8) is 0 Å². The monoisotopic (exact) mass is 356 g/mol. The van der Waals surface area contributed by atoms with Gasteiger partial charge in [0, 0.05) is 19.6 Å². The van der Waals surface area contributed by atoms with Crippen LogP contribution in [0.3, 0.4) is 0 Å². The summed E-state index contributed by atoms with van der Waals surface area (Å²) in [5, 5.41) is 2.72. The van der Waals surface area contributed by atoms with E-state index < -0.39 is 49.2 Å². The van der Waals surface area contributed by atoms with E-state index in [1.807, 2.05) is 0 Å². The highest BCUT2D eigenvalue weighted by atomic mass is 35.5. The van der Waals surface area contributed by atoms with Gasteiger partial charge in [0.1, 0.15) is 6.04 Å². The van der Waals surface area contributed by atoms with Crippen molar-refractivity contribution in [2.75, 3.05) is 32.8 Å². The fourth-order valence-electron chi connectivity index (χ4n) is 2.57. The van der Waals surface area contributed by atoms with Crippen molar-refractivity contribution in [2.24, 2.45) is 5.41 Å². The Hall–Kier alpha value is -0.740. The second-order valence-electron chi connectivity index (χ2n) is 5.17. The molecule has 0 aliphatic carbocycles. The normalized spacial score (nSPS) is 25.7. The van der Waals surface area contributed by atoms with Gasteiger partial charge in [-0.25, -0.2) is 0 Å². The highest BCUT2D eigenvalue weighted by Crippen LogP contribution is 2.55. The van der Waals surface area contributed by atoms with Crippen molar-refractivity contribution in [1.82, 2.24) is 10.2 Å². The number of rotatable bonds is 1. The van der Waals surface area contributed by atoms with Crippen LogP contribution in [0.15, 0.2) is 0 Å². The van der Waals surface area contributed by atoms with Gasteiger partial charge in [0.2, 0.25) is 5.91 Å². The molecule has 0 saturated carbocycles. The molecule has 2 heterocycles. The van der Waals surface area contributed by atoms with Crippen LogP contribution in [0.1, 0.15) is 6.42 Å². The first-order valence-corrected chi connectivity index (χ1v) is 6.32. The number of morpholine rings is 1. The molecule has 130 valence electrons. The molecule has 1 N–H and O–H groups in total. The molecule has 0 aromatic rings. The number of carbonyl (C=O) groups excluding carboxylic acids is 1. The zero-order valence-electron chi connectivity index (χ0n) is 11.3. The Morgan fingerprint density at radius 2 is 1.77 bits per heavy atom. The number of hydrogen-bond acceptors (Lipinski definition) is 3. The molecule has 2 aliphatic rings. The van der Waals surface area contributed by atoms with Crippen molar-refractivity contribution in [3.05, 3.63) is 0 Å². The fraction of sp³-hybridized carbons (Fsp3) is 0.909. The molecule has 0 spiro atoms. The third-order valence-electron chi connectivity index (χ3n) is 3.89. The van der Waals surface area contributed by atoms with E-state index in [9.17, 15) is 31.1 Å². The summed E-state index contributed by atoms with van der Waals surface area (Å²) in [5.74, 6) is -0.787. The minimum absolute atomic E-state index is 0. The van der Waals surface area contributed by atoms with E-state index in [0.717, 1.165) is 0 Å². The molecule has 0 bridgehead atoms. The fourth-order valence-corrected chi connectivity index (χ4v) is 2.57. The van der Waals surface area contributed by atoms with Gasteiger partial charge in [0.25, 0.3) is 0 Å². The number of likely N-dealkylation sites (tertiary alicyclic amines) is 1. The lowest BCUT2D eigenvalue weighted by atomic mass is 9.85. The van der Waals surface area contributed by atoms with Gasteiger partial charge in [-0.15, -0.1) is 12.4 Å². The molecule has 2 aliphatic heterocycles. The molecule has 2 rings (SSSR count). The van der Waals surface area contributed by atoms with Crippen LogP contribution in [0.5, 0.6) is 0 Å². The maximum Gasteiger partial charge on any atom is 0.404 e. The van der Waals surface area contributed by atoms with Crippen LogP contribution < -0.4 is 5.32 Å². The number of amides is 1. The summed E-state index contributed by atoms with van der Waals surface area (Å²) in [7, 11) is 0. The van der Waals surface area contributed by atoms with Gasteiger partial charge < -0.3 is 15.0 Å². The molecule has 2 fully saturated rings. The van der Waals surface area contributed by atoms with Crippen LogP contribution in [0.25, 0.3) is 0 Å². The summed E-state index contributed by atoms with van der Waals surface area (Å²) in [6.45, 7) is -1.35. The van der Waals surface area contributed by atoms with Crippen molar-refractivity contribution in [2.45, 2.75) is 24.8 Å². The van der Waals surface area contributed by atoms with Gasteiger partial charge in [-0.3, -0.25) is 4.79 Å². The van der Waals surface area contributed by atoms with E-state index in [0.29, 0.717) is 18.1 Å². The van der Waals surface area contributed by atoms with Crippen molar-refractivity contribution in [3.8, 4) is 0 Å². The van der Waals surface area contributed by atoms with Crippen LogP contribution in [-0.4, -0.2) is 62.0 Å². The average Bonchev–Trinajstić information content (AvgIpc) is 2.84. The third-order valence-corrected chi connectivity index (χ3v) is 3.89. The maximum absolute atomic E-state index is 12.9. The molecule has 2 saturated heterocycles. The predicted octanol–water partition coefficient (Wildman–Crippen LogP) is 1.74. The second-order valence-corrected chi connectivity index (χ2v) is 5.17. The molecular weight excluding hydrogens is 342 g/mol. The highest BCUT2D eigenvalue weighted by molar-refractivity contribution is 5.85. The van der Waals surface area contributed by atoms with Gasteiger partial charge in [-0.05, 0) is 6.42 Å². The Morgan fingerprint density at radius 1 is 1.18 bits per heavy atom. The van der Waals surface area contributed by atoms with Gasteiger partial charge in [0.05, 0.1) is 13.2 Å². The molecule has 11 heteroatoms. The number of halogens is 7. The number of carbonyl (C=O) groups is 1. The standard InChI is InChI=1S/C11H14F6N2O2.ClH/c12-10(13,14)9(11(15,16)17)1-3-19(6-9)8(20)7-5-21-4-2-18-7;/h7,18H,1-6H2;1H. The SMILES string of the molecule is Cl.O=C(C1COCCN1)N1CCC(C(F)(F)F)(C(F)(F)F)C1. The Morgan fingerprint density at radius 3 is 2.18 bits per heavy atom. The summed E-state index contributed by atoms with van der Waals surface area (Å²) >= 11 is 0. The number of nitrogens with one attached hydrogen (secondary N) is 1. The Kier molecular flexibility index (Phi) is 5.62. The second kappa shape index (κ2) is 6.40. The average molecular weight is 357 g/mol. The van der Waals surface area contributed by atoms with Gasteiger partial charge >= 0.3 is 12.4 Å². The summed E-state index contributed by atoms with van der Waals surface area (Å²) < 4.78 is 82.4. The van der Waals surface area contributed by atoms with Crippen LogP contribution in [0.4, 0.5) is 26.3 Å². The van der Waals surface area contributed by atoms with Crippen LogP contribution in [0, 0.1) is 5.41 Å². The van der Waals surface area contributed by atoms with Crippen LogP contribution in [-0.2, 0) is 9.53 Å². The Balaban J connectivity index is 0.00000242. The van der Waals surface area contributed by atoms with E-state index in [-0.39, 0.29) is 19.0 Å². The first-order chi connectivity index (χ1) is 9.58. The van der Waals surface area contributed by atoms with Crippen LogP contribution in [0.2, 0.25) is 0 Å². The van der Waals surface area contributed by atoms with E-state index >= 15 is 0 Å². The van der Waals surface area contributed by atoms with E-state index in [1.54, 1.807) is 0 Å². The molecule has 1 atom stereocenters.